The normalized spacial score (nSPS) is 13.5. The van der Waals surface area contributed by atoms with Crippen molar-refractivity contribution in [1.82, 2.24) is 21.3 Å². The maximum Gasteiger partial charge on any atom is 0.408 e. The molecule has 0 saturated carbocycles. The van der Waals surface area contributed by atoms with Crippen LogP contribution in [-0.4, -0.2) is 143 Å². The minimum absolute atomic E-state index is 0.0413. The van der Waals surface area contributed by atoms with E-state index in [4.69, 9.17) is 55.3 Å². The molecule has 0 unspecified atom stereocenters. The van der Waals surface area contributed by atoms with Gasteiger partial charge in [0.05, 0.1) is 24.2 Å². The van der Waals surface area contributed by atoms with Gasteiger partial charge in [-0.15, -0.1) is 0 Å². The standard InChI is InChI=1S/C44H67N7O9.C34H51N7O5/c1-27-21-32(52)22-28(2)33(27)24-31(26-37(54)35(18-14-20-48-40(46)47)51-42(58)60-44(6,7)8)39(56)50-34(17-12-13-19-49-41(57)59-43(3,4)5)36(53)25-30(38(45)55)23-29-15-10-9-11-16-29;1-21-15-26(42)16-22(2)27(21)18-25(20-30(43)28(36)11-8-14-40-34(38)39)33(46)41-29(12-6-7-13-35)31(44)19-24(32(37)45)17-23-9-4-3-5-10-23/h9-11,15-16,21-22,30-31,34-35,52H,12-14,17-20,23-26H2,1-8H3,(H2,45,55)(H,49,57)(H,50,56)(H,51,58)(H4,46,47,48);3-5,9-10,15-16,24-25,28-29,42H,6-8,11-14,17-20,35-36H2,1-2H3,(H2,37,45)(H,41,46)(H4,38,39,40)/t30-,31-,34+,35-;24-,25-,28-,29+/m11/s1. The number of amides is 6. The van der Waals surface area contributed by atoms with Gasteiger partial charge < -0.3 is 86.8 Å². The van der Waals surface area contributed by atoms with Crippen molar-refractivity contribution in [2.24, 2.45) is 79.5 Å². The molecule has 0 saturated heterocycles. The number of ketones is 4. The second-order valence-corrected chi connectivity index (χ2v) is 29.2. The number of aromatic hydroxyl groups is 2. The first-order valence-electron chi connectivity index (χ1n) is 36.2. The molecule has 0 fully saturated rings. The topological polar surface area (TPSA) is 511 Å². The molecule has 28 nitrogen and oxygen atoms in total. The number of nitrogens with zero attached hydrogens (tertiary/aromatic N) is 2. The van der Waals surface area contributed by atoms with Gasteiger partial charge in [-0.1, -0.05) is 60.7 Å². The number of rotatable bonds is 44. The van der Waals surface area contributed by atoms with Crippen LogP contribution in [0.5, 0.6) is 11.5 Å². The number of carbonyl (C=O) groups excluding carboxylic acids is 10. The predicted molar refractivity (Wildman–Crippen MR) is 410 cm³/mol. The number of nitrogens with one attached hydrogen (secondary N) is 4. The molecule has 0 aliphatic heterocycles. The van der Waals surface area contributed by atoms with Crippen LogP contribution in [0, 0.1) is 51.4 Å². The van der Waals surface area contributed by atoms with Crippen LogP contribution in [0.4, 0.5) is 9.59 Å². The van der Waals surface area contributed by atoms with E-state index in [9.17, 15) is 58.2 Å². The van der Waals surface area contributed by atoms with E-state index >= 15 is 0 Å². The number of guanidine groups is 2. The molecule has 28 heteroatoms. The number of Topliss-reactive ketones (excluding diaryl/α,β-unsaturated/α-hetero) is 4. The Labute approximate surface area is 623 Å². The zero-order valence-corrected chi connectivity index (χ0v) is 63.6. The number of nitrogens with two attached hydrogens (primary N) is 8. The fourth-order valence-corrected chi connectivity index (χ4v) is 12.1. The summed E-state index contributed by atoms with van der Waals surface area (Å²) in [5, 5.41) is 31.4. The molecule has 4 aromatic rings. The highest BCUT2D eigenvalue weighted by atomic mass is 16.6. The van der Waals surface area contributed by atoms with Crippen LogP contribution in [0.15, 0.2) is 94.9 Å². The monoisotopic (exact) mass is 1470 g/mol. The van der Waals surface area contributed by atoms with E-state index in [0.717, 1.165) is 33.4 Å². The van der Waals surface area contributed by atoms with Crippen LogP contribution in [0.25, 0.3) is 0 Å². The Balaban J connectivity index is 0.000000570. The first-order chi connectivity index (χ1) is 49.7. The number of carbonyl (C=O) groups is 10. The highest BCUT2D eigenvalue weighted by Gasteiger charge is 2.35. The predicted octanol–water partition coefficient (Wildman–Crippen LogP) is 5.98. The Kier molecular flexibility index (Phi) is 38.7. The van der Waals surface area contributed by atoms with Crippen LogP contribution in [-0.2, 0) is 73.5 Å². The van der Waals surface area contributed by atoms with E-state index in [1.807, 2.05) is 74.5 Å². The molecule has 0 radical (unpaired) electrons. The van der Waals surface area contributed by atoms with Gasteiger partial charge in [-0.05, 0) is 234 Å². The van der Waals surface area contributed by atoms with Gasteiger partial charge in [-0.3, -0.25) is 48.3 Å². The number of phenolic OH excluding ortho intramolecular Hbond substituents is 2. The van der Waals surface area contributed by atoms with Gasteiger partial charge >= 0.3 is 12.2 Å². The summed E-state index contributed by atoms with van der Waals surface area (Å²) >= 11 is 0. The molecular formula is C78H118N14O14. The number of alkyl carbamates (subject to hydrolysis) is 2. The summed E-state index contributed by atoms with van der Waals surface area (Å²) in [6, 6.07) is 20.9. The van der Waals surface area contributed by atoms with E-state index in [-0.39, 0.29) is 106 Å². The zero-order chi connectivity index (χ0) is 79.4. The number of phenols is 2. The van der Waals surface area contributed by atoms with Gasteiger partial charge in [0.1, 0.15) is 28.5 Å². The van der Waals surface area contributed by atoms with Crippen molar-refractivity contribution in [3.63, 3.8) is 0 Å². The molecule has 22 N–H and O–H groups in total. The minimum atomic E-state index is -1.08. The lowest BCUT2D eigenvalue weighted by Crippen LogP contribution is -2.48. The summed E-state index contributed by atoms with van der Waals surface area (Å²) < 4.78 is 10.7. The maximum absolute atomic E-state index is 14.5. The largest absolute Gasteiger partial charge is 0.508 e. The first-order valence-corrected chi connectivity index (χ1v) is 36.2. The summed E-state index contributed by atoms with van der Waals surface area (Å²) in [5.74, 6) is -7.37. The minimum Gasteiger partial charge on any atom is -0.508 e. The molecule has 0 spiro atoms. The van der Waals surface area contributed by atoms with E-state index in [1.165, 1.54) is 0 Å². The zero-order valence-electron chi connectivity index (χ0n) is 63.6. The lowest BCUT2D eigenvalue weighted by Gasteiger charge is -2.26. The average Bonchev–Trinajstić information content (AvgIpc) is 0.832. The van der Waals surface area contributed by atoms with Crippen LogP contribution in [0.3, 0.4) is 0 Å². The van der Waals surface area contributed by atoms with Crippen LogP contribution < -0.4 is 67.1 Å². The maximum atomic E-state index is 14.5. The van der Waals surface area contributed by atoms with Crippen molar-refractivity contribution in [1.29, 1.82) is 0 Å². The molecule has 0 bridgehead atoms. The van der Waals surface area contributed by atoms with Crippen molar-refractivity contribution in [2.75, 3.05) is 26.2 Å². The number of hydrogen-bond acceptors (Lipinski definition) is 18. The number of hydrogen-bond donors (Lipinski definition) is 14. The molecule has 0 aromatic heterocycles. The van der Waals surface area contributed by atoms with Crippen molar-refractivity contribution < 1.29 is 67.6 Å². The Bertz CT molecular complexity index is 3560. The average molecular weight is 1480 g/mol. The Morgan fingerprint density at radius 2 is 0.792 bits per heavy atom. The molecular weight excluding hydrogens is 1360 g/mol. The fraction of sp³-hybridized carbons (Fsp3) is 0.538. The van der Waals surface area contributed by atoms with Gasteiger partial charge in [0.25, 0.3) is 0 Å². The fourth-order valence-electron chi connectivity index (χ4n) is 12.1. The molecule has 584 valence electrons. The van der Waals surface area contributed by atoms with Crippen molar-refractivity contribution in [3.8, 4) is 11.5 Å². The van der Waals surface area contributed by atoms with E-state index in [2.05, 4.69) is 31.3 Å². The quantitative estimate of drug-likeness (QED) is 0.0137. The molecule has 0 heterocycles. The van der Waals surface area contributed by atoms with Crippen LogP contribution in [0.2, 0.25) is 0 Å². The summed E-state index contributed by atoms with van der Waals surface area (Å²) in [7, 11) is 0. The highest BCUT2D eigenvalue weighted by Crippen LogP contribution is 2.29. The van der Waals surface area contributed by atoms with Gasteiger partial charge in [0.15, 0.2) is 29.3 Å². The van der Waals surface area contributed by atoms with Gasteiger partial charge in [-0.25, -0.2) is 9.59 Å². The van der Waals surface area contributed by atoms with Crippen LogP contribution in [0.1, 0.15) is 176 Å². The smallest absolute Gasteiger partial charge is 0.408 e. The van der Waals surface area contributed by atoms with Gasteiger partial charge in [-0.2, -0.15) is 0 Å². The molecule has 4 rings (SSSR count). The molecule has 0 aliphatic carbocycles. The number of aliphatic imine (C=N–C) groups is 2. The van der Waals surface area contributed by atoms with E-state index in [0.29, 0.717) is 82.0 Å². The number of aryl methyl sites for hydroxylation is 4. The third kappa shape index (κ3) is 35.7. The summed E-state index contributed by atoms with van der Waals surface area (Å²) in [6.07, 6.45) is 2.27. The van der Waals surface area contributed by atoms with Crippen molar-refractivity contribution in [2.45, 2.75) is 220 Å². The highest BCUT2D eigenvalue weighted by molar-refractivity contribution is 5.96. The Morgan fingerprint density at radius 3 is 1.17 bits per heavy atom. The SMILES string of the molecule is Cc1cc(O)cc(C)c1C[C@H](CC(=O)[C@@H](CCCN=C(N)N)NC(=O)OC(C)(C)C)C(=O)N[C@@H](CCCCNC(=O)OC(C)(C)C)C(=O)C[C@@H](Cc1ccccc1)C(N)=O.Cc1cc(O)cc(C)c1C[C@H](CC(=O)[C@H](N)CCCN=C(N)N)C(=O)N[C@@H](CCCCN)C(=O)C[C@@H](Cc1ccccc1)C(N)=O. The van der Waals surface area contributed by atoms with Gasteiger partial charge in [0.2, 0.25) is 23.6 Å². The second kappa shape index (κ2) is 45.4. The van der Waals surface area contributed by atoms with E-state index < -0.39 is 106 Å². The number of primary amides is 2. The molecule has 106 heavy (non-hydrogen) atoms. The van der Waals surface area contributed by atoms with Crippen molar-refractivity contribution >= 4 is 70.9 Å². The Morgan fingerprint density at radius 1 is 0.443 bits per heavy atom. The Hall–Kier alpha value is -9.96. The lowest BCUT2D eigenvalue weighted by atomic mass is 9.86. The lowest BCUT2D eigenvalue weighted by molar-refractivity contribution is -0.134. The third-order valence-electron chi connectivity index (χ3n) is 17.6. The molecule has 6 amide bonds. The van der Waals surface area contributed by atoms with Gasteiger partial charge in [0, 0.05) is 69.0 Å². The summed E-state index contributed by atoms with van der Waals surface area (Å²) in [5.41, 5.74) is 49.7. The van der Waals surface area contributed by atoms with Crippen LogP contribution >= 0.6 is 0 Å². The van der Waals surface area contributed by atoms with E-state index in [1.54, 1.807) is 79.7 Å². The summed E-state index contributed by atoms with van der Waals surface area (Å²) in [4.78, 5) is 142. The number of unbranched alkanes of at least 4 members (excludes halogenated alkanes) is 2. The van der Waals surface area contributed by atoms with Crippen molar-refractivity contribution in [3.05, 3.63) is 129 Å². The summed E-state index contributed by atoms with van der Waals surface area (Å²) in [6.45, 7) is 18.7. The second-order valence-electron chi connectivity index (χ2n) is 29.2. The third-order valence-corrected chi connectivity index (χ3v) is 17.6. The number of benzene rings is 4. The molecule has 4 aromatic carbocycles. The molecule has 8 atom stereocenters. The number of ether oxygens (including phenoxy) is 2. The molecule has 0 aliphatic rings. The first kappa shape index (κ1) is 90.3.